The summed E-state index contributed by atoms with van der Waals surface area (Å²) >= 11 is 0. The zero-order chi connectivity index (χ0) is 23.3. The topological polar surface area (TPSA) is 118 Å². The summed E-state index contributed by atoms with van der Waals surface area (Å²) in [5.41, 5.74) is 0.191. The lowest BCUT2D eigenvalue weighted by Crippen LogP contribution is -2.39. The van der Waals surface area contributed by atoms with E-state index in [1.54, 1.807) is 18.2 Å². The molecule has 32 heavy (non-hydrogen) atoms. The van der Waals surface area contributed by atoms with Gasteiger partial charge < -0.3 is 28.7 Å². The van der Waals surface area contributed by atoms with E-state index in [9.17, 15) is 4.79 Å². The molecule has 1 N–H and O–H groups in total. The first kappa shape index (κ1) is 23.1. The van der Waals surface area contributed by atoms with Crippen LogP contribution in [0.25, 0.3) is 0 Å². The summed E-state index contributed by atoms with van der Waals surface area (Å²) in [7, 11) is 2.68. The van der Waals surface area contributed by atoms with Gasteiger partial charge in [0.2, 0.25) is 23.5 Å². The number of rotatable bonds is 9. The third-order valence-corrected chi connectivity index (χ3v) is 6.14. The summed E-state index contributed by atoms with van der Waals surface area (Å²) < 4.78 is 26.8. The van der Waals surface area contributed by atoms with Gasteiger partial charge in [-0.1, -0.05) is 25.7 Å². The fraction of sp³-hybridized carbons (Fsp3) is 0.333. The highest BCUT2D eigenvalue weighted by molar-refractivity contribution is 6.88. The van der Waals surface area contributed by atoms with Gasteiger partial charge in [-0.15, -0.1) is 0 Å². The molecule has 0 saturated heterocycles. The third kappa shape index (κ3) is 5.55. The van der Waals surface area contributed by atoms with Crippen LogP contribution in [0.1, 0.15) is 5.76 Å². The molecule has 0 aliphatic carbocycles. The second-order valence-electron chi connectivity index (χ2n) is 7.76. The quantitative estimate of drug-likeness (QED) is 0.483. The van der Waals surface area contributed by atoms with Gasteiger partial charge in [-0.05, 0) is 12.1 Å². The number of furan rings is 1. The van der Waals surface area contributed by atoms with Crippen LogP contribution in [0.4, 0.5) is 5.69 Å². The highest BCUT2D eigenvalue weighted by Crippen LogP contribution is 2.33. The molecule has 0 bridgehead atoms. The Morgan fingerprint density at radius 1 is 0.969 bits per heavy atom. The third-order valence-electron chi connectivity index (χ3n) is 4.32. The van der Waals surface area contributed by atoms with E-state index >= 15 is 0 Å². The lowest BCUT2D eigenvalue weighted by molar-refractivity contribution is -0.115. The molecule has 3 aromatic heterocycles. The van der Waals surface area contributed by atoms with E-state index in [-0.39, 0.29) is 41.7 Å². The summed E-state index contributed by atoms with van der Waals surface area (Å²) in [5, 5.41) is 3.72. The molecular formula is C21H26N4O6Si. The van der Waals surface area contributed by atoms with Crippen LogP contribution >= 0.6 is 0 Å². The van der Waals surface area contributed by atoms with Gasteiger partial charge in [0.05, 0.1) is 27.8 Å². The number of anilines is 1. The molecule has 1 amide bonds. The maximum Gasteiger partial charge on any atom is 0.322 e. The number of methoxy groups -OCH3 is 3. The number of amides is 1. The standard InChI is InChI=1S/C21H26N4O6Si/c1-27-19-18(20(28-2)25-21(24-19)29-3)22-14(26)12-13-10-11-17(30-13)31-15-8-7-9-16(23-15)32(4,5)6/h7-11H,12H2,1-6H3,(H,22,26). The molecular weight excluding hydrogens is 432 g/mol. The predicted octanol–water partition coefficient (Wildman–Crippen LogP) is 3.01. The van der Waals surface area contributed by atoms with E-state index in [0.29, 0.717) is 11.6 Å². The summed E-state index contributed by atoms with van der Waals surface area (Å²) in [4.78, 5) is 25.3. The average molecular weight is 459 g/mol. The first-order chi connectivity index (χ1) is 15.2. The maximum absolute atomic E-state index is 12.6. The first-order valence-corrected chi connectivity index (χ1v) is 13.3. The highest BCUT2D eigenvalue weighted by atomic mass is 28.3. The van der Waals surface area contributed by atoms with Gasteiger partial charge in [-0.3, -0.25) is 4.79 Å². The van der Waals surface area contributed by atoms with Crippen molar-refractivity contribution in [2.24, 2.45) is 0 Å². The Kier molecular flexibility index (Phi) is 6.98. The second-order valence-corrected chi connectivity index (χ2v) is 12.8. The Bertz CT molecular complexity index is 1070. The number of carbonyl (C=O) groups is 1. The molecule has 3 aromatic rings. The van der Waals surface area contributed by atoms with Gasteiger partial charge in [0, 0.05) is 17.4 Å². The molecule has 0 fully saturated rings. The van der Waals surface area contributed by atoms with Crippen molar-refractivity contribution in [2.45, 2.75) is 26.1 Å². The SMILES string of the molecule is COc1nc(OC)c(NC(=O)Cc2ccc(Oc3cccc([Si](C)(C)C)n3)o2)c(OC)n1. The van der Waals surface area contributed by atoms with E-state index in [4.69, 9.17) is 23.4 Å². The molecule has 3 rings (SSSR count). The van der Waals surface area contributed by atoms with Crippen LogP contribution < -0.4 is 29.6 Å². The van der Waals surface area contributed by atoms with Crippen molar-refractivity contribution in [3.8, 4) is 29.6 Å². The van der Waals surface area contributed by atoms with Crippen LogP contribution in [0, 0.1) is 0 Å². The van der Waals surface area contributed by atoms with Gasteiger partial charge in [-0.25, -0.2) is 4.98 Å². The number of nitrogens with one attached hydrogen (secondary N) is 1. The summed E-state index contributed by atoms with van der Waals surface area (Å²) in [6.45, 7) is 6.63. The monoisotopic (exact) mass is 458 g/mol. The van der Waals surface area contributed by atoms with Crippen molar-refractivity contribution >= 4 is 25.0 Å². The zero-order valence-electron chi connectivity index (χ0n) is 18.9. The van der Waals surface area contributed by atoms with Gasteiger partial charge in [-0.2, -0.15) is 9.97 Å². The van der Waals surface area contributed by atoms with Crippen molar-refractivity contribution in [3.63, 3.8) is 0 Å². The van der Waals surface area contributed by atoms with Crippen molar-refractivity contribution in [1.82, 2.24) is 15.0 Å². The number of hydrogen-bond donors (Lipinski definition) is 1. The van der Waals surface area contributed by atoms with Crippen LogP contribution in [-0.4, -0.2) is 50.3 Å². The Labute approximate surface area is 186 Å². The van der Waals surface area contributed by atoms with E-state index in [0.717, 1.165) is 5.32 Å². The fourth-order valence-electron chi connectivity index (χ4n) is 2.74. The predicted molar refractivity (Wildman–Crippen MR) is 120 cm³/mol. The van der Waals surface area contributed by atoms with Crippen LogP contribution in [-0.2, 0) is 11.2 Å². The Morgan fingerprint density at radius 2 is 1.66 bits per heavy atom. The number of carbonyl (C=O) groups excluding carboxylic acids is 1. The van der Waals surface area contributed by atoms with Crippen LogP contribution in [0.3, 0.4) is 0 Å². The molecule has 0 unspecified atom stereocenters. The van der Waals surface area contributed by atoms with E-state index in [1.165, 1.54) is 21.3 Å². The van der Waals surface area contributed by atoms with Gasteiger partial charge >= 0.3 is 6.01 Å². The minimum atomic E-state index is -1.57. The second kappa shape index (κ2) is 9.69. The molecule has 0 saturated carbocycles. The highest BCUT2D eigenvalue weighted by Gasteiger charge is 2.21. The van der Waals surface area contributed by atoms with Gasteiger partial charge in [0.15, 0.2) is 5.69 Å². The molecule has 0 spiro atoms. The summed E-state index contributed by atoms with van der Waals surface area (Å²) in [6.07, 6.45) is -0.0515. The molecule has 10 nitrogen and oxygen atoms in total. The number of ether oxygens (including phenoxy) is 4. The normalized spacial score (nSPS) is 11.1. The van der Waals surface area contributed by atoms with E-state index in [2.05, 4.69) is 39.9 Å². The minimum absolute atomic E-state index is 0.0515. The smallest absolute Gasteiger partial charge is 0.322 e. The Morgan fingerprint density at radius 3 is 2.25 bits per heavy atom. The van der Waals surface area contributed by atoms with Crippen LogP contribution in [0.15, 0.2) is 34.7 Å². The summed E-state index contributed by atoms with van der Waals surface area (Å²) in [5.74, 6) is 0.940. The molecule has 0 atom stereocenters. The molecule has 0 aromatic carbocycles. The van der Waals surface area contributed by atoms with Gasteiger partial charge in [0.25, 0.3) is 5.95 Å². The lowest BCUT2D eigenvalue weighted by Gasteiger charge is -2.15. The number of nitrogens with zero attached hydrogens (tertiary/aromatic N) is 3. The van der Waals surface area contributed by atoms with Crippen molar-refractivity contribution < 1.29 is 28.2 Å². The first-order valence-electron chi connectivity index (χ1n) is 9.81. The number of pyridine rings is 1. The Balaban J connectivity index is 1.69. The largest absolute Gasteiger partial charge is 0.479 e. The zero-order valence-corrected chi connectivity index (χ0v) is 19.9. The van der Waals surface area contributed by atoms with Crippen molar-refractivity contribution in [3.05, 3.63) is 36.1 Å². The molecule has 3 heterocycles. The van der Waals surface area contributed by atoms with E-state index < -0.39 is 8.07 Å². The Hall–Kier alpha value is -3.60. The molecule has 170 valence electrons. The molecule has 0 radical (unpaired) electrons. The minimum Gasteiger partial charge on any atom is -0.479 e. The molecule has 0 aliphatic rings. The fourth-order valence-corrected chi connectivity index (χ4v) is 3.78. The number of aromatic nitrogens is 3. The van der Waals surface area contributed by atoms with Crippen molar-refractivity contribution in [1.29, 1.82) is 0 Å². The molecule has 0 aliphatic heterocycles. The maximum atomic E-state index is 12.6. The van der Waals surface area contributed by atoms with Crippen LogP contribution in [0.5, 0.6) is 29.6 Å². The average Bonchev–Trinajstić information content (AvgIpc) is 3.19. The van der Waals surface area contributed by atoms with Crippen LogP contribution in [0.2, 0.25) is 19.6 Å². The lowest BCUT2D eigenvalue weighted by atomic mass is 10.3. The number of hydrogen-bond acceptors (Lipinski definition) is 9. The van der Waals surface area contributed by atoms with Crippen molar-refractivity contribution in [2.75, 3.05) is 26.6 Å². The van der Waals surface area contributed by atoms with Gasteiger partial charge in [0.1, 0.15) is 13.8 Å². The summed E-state index contributed by atoms with van der Waals surface area (Å²) in [6, 6.07) is 9.03. The van der Waals surface area contributed by atoms with E-state index in [1.807, 2.05) is 12.1 Å². The molecule has 11 heteroatoms.